The standard InChI is InChI=1S/C21H22N4.ClH/c1-14-4-5-15(2)21-11-17(6-7-20(14)21)18-10-19(24-23-12-18)13-25-9-8-22-16(25)3;/h4-5,8-12H,6-7,13H2,1-3H3;1H. The van der Waals surface area contributed by atoms with Gasteiger partial charge in [-0.05, 0) is 73.1 Å². The van der Waals surface area contributed by atoms with Gasteiger partial charge < -0.3 is 4.57 Å². The van der Waals surface area contributed by atoms with Crippen LogP contribution in [0.25, 0.3) is 11.6 Å². The minimum absolute atomic E-state index is 0. The fourth-order valence-corrected chi connectivity index (χ4v) is 3.57. The van der Waals surface area contributed by atoms with E-state index in [0.717, 1.165) is 24.4 Å². The van der Waals surface area contributed by atoms with E-state index in [1.165, 1.54) is 33.4 Å². The molecule has 0 aliphatic heterocycles. The van der Waals surface area contributed by atoms with Crippen LogP contribution < -0.4 is 0 Å². The molecular weight excluding hydrogens is 344 g/mol. The van der Waals surface area contributed by atoms with Crippen molar-refractivity contribution >= 4 is 24.1 Å². The lowest BCUT2D eigenvalue weighted by Crippen LogP contribution is -2.06. The van der Waals surface area contributed by atoms with E-state index < -0.39 is 0 Å². The fraction of sp³-hybridized carbons (Fsp3) is 0.286. The molecule has 4 nitrogen and oxygen atoms in total. The molecule has 0 amide bonds. The quantitative estimate of drug-likeness (QED) is 0.682. The number of imidazole rings is 1. The third-order valence-corrected chi connectivity index (χ3v) is 5.10. The summed E-state index contributed by atoms with van der Waals surface area (Å²) < 4.78 is 2.09. The number of nitrogens with zero attached hydrogens (tertiary/aromatic N) is 4. The number of allylic oxidation sites excluding steroid dienone is 1. The van der Waals surface area contributed by atoms with Crippen LogP contribution in [0.2, 0.25) is 0 Å². The first-order chi connectivity index (χ1) is 12.1. The minimum Gasteiger partial charge on any atom is -0.329 e. The van der Waals surface area contributed by atoms with E-state index in [2.05, 4.69) is 57.9 Å². The lowest BCUT2D eigenvalue weighted by molar-refractivity contribution is 0.725. The molecule has 0 saturated heterocycles. The Kier molecular flexibility index (Phi) is 5.23. The third-order valence-electron chi connectivity index (χ3n) is 5.10. The van der Waals surface area contributed by atoms with Crippen molar-refractivity contribution in [1.82, 2.24) is 19.7 Å². The van der Waals surface area contributed by atoms with Gasteiger partial charge in [-0.25, -0.2) is 4.98 Å². The minimum atomic E-state index is 0. The summed E-state index contributed by atoms with van der Waals surface area (Å²) in [5.74, 6) is 0.990. The van der Waals surface area contributed by atoms with Crippen molar-refractivity contribution in [3.63, 3.8) is 0 Å². The van der Waals surface area contributed by atoms with Crippen LogP contribution in [0.15, 0.2) is 36.8 Å². The molecule has 0 radical (unpaired) electrons. The molecule has 2 aromatic heterocycles. The highest BCUT2D eigenvalue weighted by Crippen LogP contribution is 2.33. The second-order valence-corrected chi connectivity index (χ2v) is 6.80. The Morgan fingerprint density at radius 3 is 2.65 bits per heavy atom. The maximum atomic E-state index is 4.30. The van der Waals surface area contributed by atoms with Crippen molar-refractivity contribution in [3.8, 4) is 0 Å². The molecule has 2 heterocycles. The predicted molar refractivity (Wildman–Crippen MR) is 107 cm³/mol. The molecule has 0 N–H and O–H groups in total. The zero-order chi connectivity index (χ0) is 17.4. The first-order valence-electron chi connectivity index (χ1n) is 8.71. The number of rotatable bonds is 3. The Balaban J connectivity index is 0.00000196. The lowest BCUT2D eigenvalue weighted by atomic mass is 9.85. The van der Waals surface area contributed by atoms with Gasteiger partial charge in [0.2, 0.25) is 0 Å². The van der Waals surface area contributed by atoms with Crippen LogP contribution >= 0.6 is 12.4 Å². The molecule has 0 atom stereocenters. The van der Waals surface area contributed by atoms with Crippen molar-refractivity contribution in [1.29, 1.82) is 0 Å². The van der Waals surface area contributed by atoms with Crippen LogP contribution in [0.1, 0.15) is 45.8 Å². The number of fused-ring (bicyclic) bond motifs is 1. The molecule has 134 valence electrons. The zero-order valence-corrected chi connectivity index (χ0v) is 16.2. The second-order valence-electron chi connectivity index (χ2n) is 6.80. The van der Waals surface area contributed by atoms with Gasteiger partial charge in [0.25, 0.3) is 0 Å². The Morgan fingerprint density at radius 2 is 1.88 bits per heavy atom. The summed E-state index contributed by atoms with van der Waals surface area (Å²) >= 11 is 0. The predicted octanol–water partition coefficient (Wildman–Crippen LogP) is 4.56. The molecule has 0 bridgehead atoms. The zero-order valence-electron chi connectivity index (χ0n) is 15.4. The Labute approximate surface area is 160 Å². The van der Waals surface area contributed by atoms with Crippen molar-refractivity contribution in [3.05, 3.63) is 76.1 Å². The maximum absolute atomic E-state index is 4.30. The first-order valence-corrected chi connectivity index (χ1v) is 8.71. The van der Waals surface area contributed by atoms with Gasteiger partial charge in [-0.2, -0.15) is 10.2 Å². The lowest BCUT2D eigenvalue weighted by Gasteiger charge is -2.20. The van der Waals surface area contributed by atoms with Gasteiger partial charge in [-0.3, -0.25) is 0 Å². The number of aromatic nitrogens is 4. The third kappa shape index (κ3) is 3.42. The largest absolute Gasteiger partial charge is 0.329 e. The molecule has 5 heteroatoms. The van der Waals surface area contributed by atoms with Gasteiger partial charge in [0.05, 0.1) is 18.4 Å². The number of hydrogen-bond donors (Lipinski definition) is 0. The normalized spacial score (nSPS) is 13.0. The summed E-state index contributed by atoms with van der Waals surface area (Å²) in [5, 5.41) is 8.54. The molecule has 1 aromatic carbocycles. The number of aryl methyl sites for hydroxylation is 3. The van der Waals surface area contributed by atoms with Crippen LogP contribution in [-0.4, -0.2) is 19.7 Å². The van der Waals surface area contributed by atoms with Gasteiger partial charge in [-0.15, -0.1) is 12.4 Å². The van der Waals surface area contributed by atoms with Crippen LogP contribution in [0.3, 0.4) is 0 Å². The molecule has 0 spiro atoms. The summed E-state index contributed by atoms with van der Waals surface area (Å²) in [6.45, 7) is 7.10. The molecule has 0 unspecified atom stereocenters. The average molecular weight is 367 g/mol. The SMILES string of the molecule is Cc1ccc(C)c2c1C=C(c1cnnc(Cn3ccnc3C)c1)CC2.Cl. The van der Waals surface area contributed by atoms with Crippen LogP contribution in [0.5, 0.6) is 0 Å². The topological polar surface area (TPSA) is 43.6 Å². The highest BCUT2D eigenvalue weighted by Gasteiger charge is 2.16. The van der Waals surface area contributed by atoms with Gasteiger partial charge in [0, 0.05) is 12.4 Å². The number of halogens is 1. The summed E-state index contributed by atoms with van der Waals surface area (Å²) in [5.41, 5.74) is 9.08. The highest BCUT2D eigenvalue weighted by atomic mass is 35.5. The van der Waals surface area contributed by atoms with E-state index in [9.17, 15) is 0 Å². The van der Waals surface area contributed by atoms with Gasteiger partial charge in [0.1, 0.15) is 5.82 Å². The molecule has 0 saturated carbocycles. The number of benzene rings is 1. The second kappa shape index (κ2) is 7.42. The van der Waals surface area contributed by atoms with E-state index in [4.69, 9.17) is 0 Å². The van der Waals surface area contributed by atoms with Crippen molar-refractivity contribution in [2.24, 2.45) is 0 Å². The highest BCUT2D eigenvalue weighted by molar-refractivity contribution is 5.86. The molecule has 26 heavy (non-hydrogen) atoms. The fourth-order valence-electron chi connectivity index (χ4n) is 3.57. The van der Waals surface area contributed by atoms with Crippen molar-refractivity contribution < 1.29 is 0 Å². The van der Waals surface area contributed by atoms with Crippen LogP contribution in [0.4, 0.5) is 0 Å². The average Bonchev–Trinajstić information content (AvgIpc) is 3.03. The molecule has 4 rings (SSSR count). The first kappa shape index (κ1) is 18.3. The maximum Gasteiger partial charge on any atom is 0.105 e. The van der Waals surface area contributed by atoms with E-state index in [-0.39, 0.29) is 12.4 Å². The van der Waals surface area contributed by atoms with Gasteiger partial charge in [-0.1, -0.05) is 18.2 Å². The molecule has 3 aromatic rings. The Hall–Kier alpha value is -2.46. The molecular formula is C21H23ClN4. The van der Waals surface area contributed by atoms with Gasteiger partial charge in [0.15, 0.2) is 0 Å². The van der Waals surface area contributed by atoms with Gasteiger partial charge >= 0.3 is 0 Å². The van der Waals surface area contributed by atoms with Crippen LogP contribution in [-0.2, 0) is 13.0 Å². The monoisotopic (exact) mass is 366 g/mol. The molecule has 0 fully saturated rings. The van der Waals surface area contributed by atoms with Crippen LogP contribution in [0, 0.1) is 20.8 Å². The summed E-state index contributed by atoms with van der Waals surface area (Å²) in [7, 11) is 0. The van der Waals surface area contributed by atoms with E-state index in [1.807, 2.05) is 25.5 Å². The summed E-state index contributed by atoms with van der Waals surface area (Å²) in [6, 6.07) is 6.60. The van der Waals surface area contributed by atoms with Crippen molar-refractivity contribution in [2.75, 3.05) is 0 Å². The Bertz CT molecular complexity index is 972. The van der Waals surface area contributed by atoms with E-state index >= 15 is 0 Å². The molecule has 1 aliphatic rings. The molecule has 1 aliphatic carbocycles. The van der Waals surface area contributed by atoms with Crippen molar-refractivity contribution in [2.45, 2.75) is 40.2 Å². The summed E-state index contributed by atoms with van der Waals surface area (Å²) in [6.07, 6.45) is 10.2. The van der Waals surface area contributed by atoms with E-state index in [0.29, 0.717) is 6.54 Å². The summed E-state index contributed by atoms with van der Waals surface area (Å²) in [4.78, 5) is 4.27. The smallest absolute Gasteiger partial charge is 0.105 e. The Morgan fingerprint density at radius 1 is 1.08 bits per heavy atom. The van der Waals surface area contributed by atoms with E-state index in [1.54, 1.807) is 0 Å². The number of hydrogen-bond acceptors (Lipinski definition) is 3.